The van der Waals surface area contributed by atoms with Crippen molar-refractivity contribution in [2.24, 2.45) is 5.73 Å². The Bertz CT molecular complexity index is 264. The first-order chi connectivity index (χ1) is 5.36. The van der Waals surface area contributed by atoms with Crippen LogP contribution in [0.1, 0.15) is 5.56 Å². The van der Waals surface area contributed by atoms with Crippen LogP contribution in [0.25, 0.3) is 0 Å². The van der Waals surface area contributed by atoms with E-state index in [1.165, 1.54) is 5.56 Å². The fourth-order valence-corrected chi connectivity index (χ4v) is 1.35. The fourth-order valence-electron chi connectivity index (χ4n) is 1.35. The molecule has 1 heterocycles. The minimum absolute atomic E-state index is 0. The summed E-state index contributed by atoms with van der Waals surface area (Å²) in [6.07, 6.45) is 0.941. The molecule has 1 aromatic carbocycles. The third-order valence-electron chi connectivity index (χ3n) is 1.91. The molecule has 1 aromatic rings. The Morgan fingerprint density at radius 1 is 1.33 bits per heavy atom. The Balaban J connectivity index is 0.000000720. The molecule has 1 atom stereocenters. The van der Waals surface area contributed by atoms with Gasteiger partial charge in [0, 0.05) is 6.04 Å². The van der Waals surface area contributed by atoms with Crippen LogP contribution in [0.2, 0.25) is 0 Å². The molecule has 0 spiro atoms. The van der Waals surface area contributed by atoms with Crippen LogP contribution in [-0.2, 0) is 6.42 Å². The van der Waals surface area contributed by atoms with Gasteiger partial charge in [0.1, 0.15) is 12.4 Å². The second-order valence-electron chi connectivity index (χ2n) is 2.88. The first-order valence-electron chi connectivity index (χ1n) is 3.82. The molecule has 0 saturated carbocycles. The first kappa shape index (κ1) is 9.36. The smallest absolute Gasteiger partial charge is 0.122 e. The van der Waals surface area contributed by atoms with Crippen molar-refractivity contribution in [1.82, 2.24) is 0 Å². The highest BCUT2D eigenvalue weighted by atomic mass is 35.5. The quantitative estimate of drug-likeness (QED) is 0.663. The molecule has 1 aliphatic rings. The summed E-state index contributed by atoms with van der Waals surface area (Å²) in [6, 6.07) is 8.22. The highest BCUT2D eigenvalue weighted by Crippen LogP contribution is 2.22. The van der Waals surface area contributed by atoms with Crippen LogP contribution in [0, 0.1) is 0 Å². The van der Waals surface area contributed by atoms with Crippen molar-refractivity contribution in [3.8, 4) is 5.75 Å². The maximum atomic E-state index is 5.72. The van der Waals surface area contributed by atoms with Crippen LogP contribution >= 0.6 is 12.4 Å². The minimum Gasteiger partial charge on any atom is -0.492 e. The molecule has 0 fully saturated rings. The number of hydrogen-bond acceptors (Lipinski definition) is 2. The van der Waals surface area contributed by atoms with Gasteiger partial charge in [-0.25, -0.2) is 0 Å². The molecule has 2 rings (SSSR count). The molecule has 66 valence electrons. The molecule has 1 aliphatic heterocycles. The number of hydrogen-bond donors (Lipinski definition) is 1. The highest BCUT2D eigenvalue weighted by Gasteiger charge is 2.14. The SMILES string of the molecule is Cl.NC1COc2ccccc2C1. The number of fused-ring (bicyclic) bond motifs is 1. The summed E-state index contributed by atoms with van der Waals surface area (Å²) in [5.74, 6) is 0.995. The van der Waals surface area contributed by atoms with Gasteiger partial charge in [-0.05, 0) is 18.1 Å². The monoisotopic (exact) mass is 185 g/mol. The van der Waals surface area contributed by atoms with E-state index in [1.54, 1.807) is 0 Å². The number of rotatable bonds is 0. The first-order valence-corrected chi connectivity index (χ1v) is 3.82. The molecule has 3 heteroatoms. The normalized spacial score (nSPS) is 20.2. The van der Waals surface area contributed by atoms with Crippen molar-refractivity contribution < 1.29 is 4.74 Å². The van der Waals surface area contributed by atoms with E-state index in [0.29, 0.717) is 6.61 Å². The van der Waals surface area contributed by atoms with Gasteiger partial charge < -0.3 is 10.5 Å². The Hall–Kier alpha value is -0.730. The van der Waals surface area contributed by atoms with Gasteiger partial charge in [-0.3, -0.25) is 0 Å². The number of nitrogens with two attached hydrogens (primary N) is 1. The summed E-state index contributed by atoms with van der Waals surface area (Å²) in [5, 5.41) is 0. The predicted molar refractivity (Wildman–Crippen MR) is 50.9 cm³/mol. The van der Waals surface area contributed by atoms with E-state index >= 15 is 0 Å². The third-order valence-corrected chi connectivity index (χ3v) is 1.91. The van der Waals surface area contributed by atoms with Gasteiger partial charge >= 0.3 is 0 Å². The molecule has 0 saturated heterocycles. The van der Waals surface area contributed by atoms with Crippen LogP contribution in [0.15, 0.2) is 24.3 Å². The lowest BCUT2D eigenvalue weighted by Crippen LogP contribution is -2.33. The van der Waals surface area contributed by atoms with E-state index in [4.69, 9.17) is 10.5 Å². The average molecular weight is 186 g/mol. The van der Waals surface area contributed by atoms with Crippen molar-refractivity contribution in [3.05, 3.63) is 29.8 Å². The second-order valence-corrected chi connectivity index (χ2v) is 2.88. The van der Waals surface area contributed by atoms with Crippen molar-refractivity contribution in [1.29, 1.82) is 0 Å². The Morgan fingerprint density at radius 2 is 2.08 bits per heavy atom. The Labute approximate surface area is 78.1 Å². The van der Waals surface area contributed by atoms with E-state index < -0.39 is 0 Å². The minimum atomic E-state index is 0. The molecule has 0 radical (unpaired) electrons. The fraction of sp³-hybridized carbons (Fsp3) is 0.333. The topological polar surface area (TPSA) is 35.2 Å². The van der Waals surface area contributed by atoms with E-state index in [2.05, 4.69) is 6.07 Å². The van der Waals surface area contributed by atoms with Gasteiger partial charge in [-0.2, -0.15) is 0 Å². The van der Waals surface area contributed by atoms with Gasteiger partial charge in [-0.1, -0.05) is 18.2 Å². The van der Waals surface area contributed by atoms with E-state index in [0.717, 1.165) is 12.2 Å². The number of halogens is 1. The lowest BCUT2D eigenvalue weighted by atomic mass is 10.0. The number of ether oxygens (including phenoxy) is 1. The van der Waals surface area contributed by atoms with Gasteiger partial charge in [0.15, 0.2) is 0 Å². The van der Waals surface area contributed by atoms with E-state index in [9.17, 15) is 0 Å². The molecular weight excluding hydrogens is 174 g/mol. The van der Waals surface area contributed by atoms with Crippen molar-refractivity contribution in [2.45, 2.75) is 12.5 Å². The van der Waals surface area contributed by atoms with Gasteiger partial charge in [0.25, 0.3) is 0 Å². The number of benzene rings is 1. The standard InChI is InChI=1S/C9H11NO.ClH/c10-8-5-7-3-1-2-4-9(7)11-6-8;/h1-4,8H,5-6,10H2;1H. The molecule has 12 heavy (non-hydrogen) atoms. The molecule has 0 aromatic heterocycles. The summed E-state index contributed by atoms with van der Waals surface area (Å²) < 4.78 is 5.41. The van der Waals surface area contributed by atoms with Crippen LogP contribution in [0.4, 0.5) is 0 Å². The highest BCUT2D eigenvalue weighted by molar-refractivity contribution is 5.85. The zero-order valence-electron chi connectivity index (χ0n) is 6.69. The Kier molecular flexibility index (Phi) is 2.95. The van der Waals surface area contributed by atoms with Crippen LogP contribution in [0.5, 0.6) is 5.75 Å². The van der Waals surface area contributed by atoms with Gasteiger partial charge in [0.05, 0.1) is 0 Å². The maximum absolute atomic E-state index is 5.72. The summed E-state index contributed by atoms with van der Waals surface area (Å²) >= 11 is 0. The number of para-hydroxylation sites is 1. The lowest BCUT2D eigenvalue weighted by molar-refractivity contribution is 0.263. The molecule has 0 aliphatic carbocycles. The molecular formula is C9H12ClNO. The summed E-state index contributed by atoms with van der Waals surface area (Å²) in [7, 11) is 0. The second kappa shape index (κ2) is 3.78. The zero-order valence-corrected chi connectivity index (χ0v) is 7.51. The van der Waals surface area contributed by atoms with Crippen molar-refractivity contribution in [2.75, 3.05) is 6.61 Å². The molecule has 1 unspecified atom stereocenters. The average Bonchev–Trinajstić information content (AvgIpc) is 2.04. The van der Waals surface area contributed by atoms with E-state index in [1.807, 2.05) is 18.2 Å². The zero-order chi connectivity index (χ0) is 7.68. The third kappa shape index (κ3) is 1.71. The molecule has 0 amide bonds. The van der Waals surface area contributed by atoms with Crippen LogP contribution in [-0.4, -0.2) is 12.6 Å². The van der Waals surface area contributed by atoms with Crippen LogP contribution in [0.3, 0.4) is 0 Å². The van der Waals surface area contributed by atoms with E-state index in [-0.39, 0.29) is 18.4 Å². The molecule has 2 N–H and O–H groups in total. The van der Waals surface area contributed by atoms with Crippen molar-refractivity contribution >= 4 is 12.4 Å². The van der Waals surface area contributed by atoms with Gasteiger partial charge in [-0.15, -0.1) is 12.4 Å². The summed E-state index contributed by atoms with van der Waals surface area (Å²) in [5.41, 5.74) is 6.95. The Morgan fingerprint density at radius 3 is 2.92 bits per heavy atom. The van der Waals surface area contributed by atoms with Crippen LogP contribution < -0.4 is 10.5 Å². The summed E-state index contributed by atoms with van der Waals surface area (Å²) in [6.45, 7) is 0.650. The lowest BCUT2D eigenvalue weighted by Gasteiger charge is -2.21. The van der Waals surface area contributed by atoms with Gasteiger partial charge in [0.2, 0.25) is 0 Å². The summed E-state index contributed by atoms with van der Waals surface area (Å²) in [4.78, 5) is 0. The maximum Gasteiger partial charge on any atom is 0.122 e. The predicted octanol–water partition coefficient (Wildman–Crippen LogP) is 1.37. The molecule has 0 bridgehead atoms. The largest absolute Gasteiger partial charge is 0.492 e. The molecule has 2 nitrogen and oxygen atoms in total. The van der Waals surface area contributed by atoms with Crippen molar-refractivity contribution in [3.63, 3.8) is 0 Å².